The van der Waals surface area contributed by atoms with Gasteiger partial charge in [0.25, 0.3) is 0 Å². The molecule has 4 heteroatoms. The Morgan fingerprint density at radius 3 is 2.67 bits per heavy atom. The number of rotatable bonds is 8. The van der Waals surface area contributed by atoms with Crippen LogP contribution in [0.15, 0.2) is 0 Å². The molecular weight excluding hydrogens is 262 g/mol. The summed E-state index contributed by atoms with van der Waals surface area (Å²) in [6.07, 6.45) is 2.54. The Morgan fingerprint density at radius 2 is 2.10 bits per heavy atom. The largest absolute Gasteiger partial charge is 0.381 e. The van der Waals surface area contributed by atoms with Crippen LogP contribution in [0.4, 0.5) is 0 Å². The molecule has 0 saturated carbocycles. The monoisotopic (exact) mass is 297 g/mol. The summed E-state index contributed by atoms with van der Waals surface area (Å²) in [4.78, 5) is 5.30. The maximum absolute atomic E-state index is 5.74. The van der Waals surface area contributed by atoms with Gasteiger partial charge in [-0.05, 0) is 32.5 Å². The van der Waals surface area contributed by atoms with Crippen molar-refractivity contribution in [3.8, 4) is 0 Å². The lowest BCUT2D eigenvalue weighted by Gasteiger charge is -2.34. The lowest BCUT2D eigenvalue weighted by molar-refractivity contribution is 0.112. The summed E-state index contributed by atoms with van der Waals surface area (Å²) in [6, 6.07) is 1.32. The van der Waals surface area contributed by atoms with Crippen LogP contribution in [0.5, 0.6) is 0 Å². The fourth-order valence-electron chi connectivity index (χ4n) is 3.86. The van der Waals surface area contributed by atoms with Crippen molar-refractivity contribution < 1.29 is 4.74 Å². The highest BCUT2D eigenvalue weighted by Crippen LogP contribution is 2.31. The van der Waals surface area contributed by atoms with Crippen molar-refractivity contribution in [3.63, 3.8) is 0 Å². The Balaban J connectivity index is 1.87. The molecule has 2 heterocycles. The smallest absolute Gasteiger partial charge is 0.0547 e. The van der Waals surface area contributed by atoms with Gasteiger partial charge in [0.2, 0.25) is 0 Å². The second-order valence-corrected chi connectivity index (χ2v) is 7.24. The third-order valence-corrected chi connectivity index (χ3v) is 5.21. The Morgan fingerprint density at radius 1 is 1.33 bits per heavy atom. The van der Waals surface area contributed by atoms with Gasteiger partial charge in [-0.25, -0.2) is 0 Å². The highest BCUT2D eigenvalue weighted by atomic mass is 16.5. The molecule has 0 amide bonds. The van der Waals surface area contributed by atoms with Crippen LogP contribution >= 0.6 is 0 Å². The topological polar surface area (TPSA) is 27.7 Å². The Labute approximate surface area is 131 Å². The lowest BCUT2D eigenvalue weighted by atomic mass is 9.86. The zero-order valence-electron chi connectivity index (χ0n) is 14.5. The molecule has 0 aromatic rings. The van der Waals surface area contributed by atoms with E-state index in [-0.39, 0.29) is 0 Å². The Bertz CT molecular complexity index is 298. The van der Waals surface area contributed by atoms with Gasteiger partial charge in [-0.2, -0.15) is 0 Å². The second-order valence-electron chi connectivity index (χ2n) is 7.24. The van der Waals surface area contributed by atoms with Gasteiger partial charge < -0.3 is 15.0 Å². The number of nitrogens with one attached hydrogen (secondary N) is 1. The van der Waals surface area contributed by atoms with Crippen molar-refractivity contribution in [2.75, 3.05) is 52.5 Å². The zero-order chi connectivity index (χ0) is 15.3. The summed E-state index contributed by atoms with van der Waals surface area (Å²) < 4.78 is 5.74. The van der Waals surface area contributed by atoms with E-state index in [1.54, 1.807) is 0 Å². The maximum atomic E-state index is 5.74. The molecule has 21 heavy (non-hydrogen) atoms. The fraction of sp³-hybridized carbons (Fsp3) is 1.00. The first kappa shape index (κ1) is 17.2. The molecule has 2 unspecified atom stereocenters. The highest BCUT2D eigenvalue weighted by Gasteiger charge is 2.38. The van der Waals surface area contributed by atoms with E-state index in [1.807, 2.05) is 0 Å². The third kappa shape index (κ3) is 4.65. The lowest BCUT2D eigenvalue weighted by Crippen LogP contribution is -2.46. The van der Waals surface area contributed by atoms with Crippen LogP contribution in [0.2, 0.25) is 0 Å². The molecule has 0 radical (unpaired) electrons. The summed E-state index contributed by atoms with van der Waals surface area (Å²) in [6.45, 7) is 18.0. The van der Waals surface area contributed by atoms with E-state index in [9.17, 15) is 0 Å². The molecule has 2 rings (SSSR count). The summed E-state index contributed by atoms with van der Waals surface area (Å²) in [7, 11) is 0. The van der Waals surface area contributed by atoms with Gasteiger partial charge in [-0.15, -0.1) is 0 Å². The molecule has 0 aromatic carbocycles. The number of likely N-dealkylation sites (N-methyl/N-ethyl adjacent to an activating group) is 1. The Hall–Kier alpha value is -0.160. The molecule has 0 aliphatic carbocycles. The van der Waals surface area contributed by atoms with Crippen LogP contribution in [-0.2, 0) is 4.74 Å². The molecule has 2 aliphatic heterocycles. The number of ether oxygens (including phenoxy) is 1. The summed E-state index contributed by atoms with van der Waals surface area (Å²) in [5, 5.41) is 3.64. The van der Waals surface area contributed by atoms with E-state index in [1.165, 1.54) is 45.6 Å². The maximum Gasteiger partial charge on any atom is 0.0547 e. The minimum Gasteiger partial charge on any atom is -0.381 e. The molecule has 2 aliphatic rings. The van der Waals surface area contributed by atoms with E-state index in [4.69, 9.17) is 4.74 Å². The quantitative estimate of drug-likeness (QED) is 0.739. The van der Waals surface area contributed by atoms with Gasteiger partial charge >= 0.3 is 0 Å². The first-order valence-corrected chi connectivity index (χ1v) is 8.86. The average molecular weight is 297 g/mol. The zero-order valence-corrected chi connectivity index (χ0v) is 14.5. The molecule has 4 nitrogen and oxygen atoms in total. The van der Waals surface area contributed by atoms with Gasteiger partial charge in [0.05, 0.1) is 6.61 Å². The van der Waals surface area contributed by atoms with E-state index < -0.39 is 0 Å². The number of likely N-dealkylation sites (tertiary alicyclic amines) is 1. The van der Waals surface area contributed by atoms with Crippen LogP contribution in [-0.4, -0.2) is 74.4 Å². The first-order valence-electron chi connectivity index (χ1n) is 8.86. The van der Waals surface area contributed by atoms with Crippen molar-refractivity contribution in [2.24, 2.45) is 5.41 Å². The molecule has 2 atom stereocenters. The second kappa shape index (κ2) is 7.91. The third-order valence-electron chi connectivity index (χ3n) is 5.21. The van der Waals surface area contributed by atoms with Gasteiger partial charge in [-0.1, -0.05) is 27.7 Å². The molecule has 2 fully saturated rings. The minimum absolute atomic E-state index is 0.336. The standard InChI is InChI=1S/C17H35N3O/c1-5-20(6-2)16-7-9-19(11-16)13-17(8-10-21-14-17)12-18-15(3)4/h15-16,18H,5-14H2,1-4H3. The number of hydrogen-bond donors (Lipinski definition) is 1. The van der Waals surface area contributed by atoms with E-state index in [0.717, 1.165) is 25.8 Å². The van der Waals surface area contributed by atoms with Gasteiger partial charge in [-0.3, -0.25) is 4.90 Å². The molecule has 0 bridgehead atoms. The molecule has 1 N–H and O–H groups in total. The predicted octanol–water partition coefficient (Wildman–Crippen LogP) is 1.81. The van der Waals surface area contributed by atoms with Gasteiger partial charge in [0.15, 0.2) is 0 Å². The van der Waals surface area contributed by atoms with E-state index in [2.05, 4.69) is 42.8 Å². The average Bonchev–Trinajstić information content (AvgIpc) is 3.09. The van der Waals surface area contributed by atoms with Crippen molar-refractivity contribution in [1.29, 1.82) is 0 Å². The minimum atomic E-state index is 0.336. The van der Waals surface area contributed by atoms with E-state index in [0.29, 0.717) is 11.5 Å². The van der Waals surface area contributed by atoms with Crippen LogP contribution < -0.4 is 5.32 Å². The Kier molecular flexibility index (Phi) is 6.48. The number of nitrogens with zero attached hydrogens (tertiary/aromatic N) is 2. The predicted molar refractivity (Wildman–Crippen MR) is 88.8 cm³/mol. The van der Waals surface area contributed by atoms with Gasteiger partial charge in [0.1, 0.15) is 0 Å². The normalized spacial score (nSPS) is 30.9. The molecule has 0 spiro atoms. The first-order chi connectivity index (χ1) is 10.1. The van der Waals surface area contributed by atoms with E-state index >= 15 is 0 Å². The SMILES string of the molecule is CCN(CC)C1CCN(CC2(CNC(C)C)CCOC2)C1. The molecule has 0 aromatic heterocycles. The summed E-state index contributed by atoms with van der Waals surface area (Å²) >= 11 is 0. The molecule has 2 saturated heterocycles. The van der Waals surface area contributed by atoms with Crippen molar-refractivity contribution in [3.05, 3.63) is 0 Å². The molecular formula is C17H35N3O. The van der Waals surface area contributed by atoms with Gasteiger partial charge in [0, 0.05) is 43.7 Å². The van der Waals surface area contributed by atoms with Crippen LogP contribution in [0.1, 0.15) is 40.5 Å². The number of hydrogen-bond acceptors (Lipinski definition) is 4. The fourth-order valence-corrected chi connectivity index (χ4v) is 3.86. The van der Waals surface area contributed by atoms with Crippen molar-refractivity contribution >= 4 is 0 Å². The summed E-state index contributed by atoms with van der Waals surface area (Å²) in [5.74, 6) is 0. The van der Waals surface area contributed by atoms with Crippen LogP contribution in [0, 0.1) is 5.41 Å². The van der Waals surface area contributed by atoms with Crippen LogP contribution in [0.3, 0.4) is 0 Å². The summed E-state index contributed by atoms with van der Waals surface area (Å²) in [5.41, 5.74) is 0.336. The van der Waals surface area contributed by atoms with Crippen LogP contribution in [0.25, 0.3) is 0 Å². The molecule has 124 valence electrons. The van der Waals surface area contributed by atoms with Crippen molar-refractivity contribution in [1.82, 2.24) is 15.1 Å². The van der Waals surface area contributed by atoms with Crippen molar-refractivity contribution in [2.45, 2.75) is 52.6 Å². The highest BCUT2D eigenvalue weighted by molar-refractivity contribution is 4.92.